The molecule has 0 saturated heterocycles. The number of ether oxygens (including phenoxy) is 1. The molecule has 1 saturated carbocycles. The molecule has 5 nitrogen and oxygen atoms in total. The summed E-state index contributed by atoms with van der Waals surface area (Å²) in [4.78, 5) is 25.2. The lowest BCUT2D eigenvalue weighted by Crippen LogP contribution is -2.36. The van der Waals surface area contributed by atoms with Crippen LogP contribution in [0.2, 0.25) is 0 Å². The van der Waals surface area contributed by atoms with E-state index in [9.17, 15) is 9.59 Å². The van der Waals surface area contributed by atoms with Crippen LogP contribution in [0.5, 0.6) is 5.75 Å². The van der Waals surface area contributed by atoms with Gasteiger partial charge in [0.05, 0.1) is 7.11 Å². The third-order valence-corrected chi connectivity index (χ3v) is 5.28. The Kier molecular flexibility index (Phi) is 5.89. The van der Waals surface area contributed by atoms with Gasteiger partial charge in [-0.1, -0.05) is 24.3 Å². The van der Waals surface area contributed by atoms with Gasteiger partial charge >= 0.3 is 0 Å². The lowest BCUT2D eigenvalue weighted by atomic mass is 9.77. The number of amides is 1. The van der Waals surface area contributed by atoms with Crippen LogP contribution in [0.25, 0.3) is 10.8 Å². The molecule has 1 fully saturated rings. The lowest BCUT2D eigenvalue weighted by Gasteiger charge is -2.27. The first-order valence-corrected chi connectivity index (χ1v) is 9.23. The van der Waals surface area contributed by atoms with Crippen LogP contribution in [-0.4, -0.2) is 31.9 Å². The fraction of sp³-hybridized carbons (Fsp3) is 0.429. The van der Waals surface area contributed by atoms with E-state index in [1.54, 1.807) is 7.11 Å². The molecule has 138 valence electrons. The largest absolute Gasteiger partial charge is 0.496 e. The van der Waals surface area contributed by atoms with Crippen LogP contribution >= 0.6 is 0 Å². The van der Waals surface area contributed by atoms with Gasteiger partial charge in [0.1, 0.15) is 5.75 Å². The molecular weight excluding hydrogens is 328 g/mol. The van der Waals surface area contributed by atoms with Crippen LogP contribution in [0.3, 0.4) is 0 Å². The summed E-state index contributed by atoms with van der Waals surface area (Å²) in [7, 11) is 1.64. The van der Waals surface area contributed by atoms with E-state index in [2.05, 4.69) is 5.32 Å². The fourth-order valence-corrected chi connectivity index (χ4v) is 3.84. The van der Waals surface area contributed by atoms with Crippen LogP contribution in [-0.2, 0) is 4.79 Å². The zero-order chi connectivity index (χ0) is 18.5. The molecule has 0 spiro atoms. The number of methoxy groups -OCH3 is 1. The van der Waals surface area contributed by atoms with Gasteiger partial charge in [-0.25, -0.2) is 0 Å². The Morgan fingerprint density at radius 2 is 1.69 bits per heavy atom. The minimum absolute atomic E-state index is 0.00166. The number of nitrogens with one attached hydrogen (secondary N) is 1. The van der Waals surface area contributed by atoms with E-state index in [1.807, 2.05) is 36.4 Å². The topological polar surface area (TPSA) is 81.4 Å². The van der Waals surface area contributed by atoms with Crippen LogP contribution in [0.4, 0.5) is 0 Å². The summed E-state index contributed by atoms with van der Waals surface area (Å²) < 4.78 is 5.42. The molecule has 2 aromatic carbocycles. The van der Waals surface area contributed by atoms with Crippen LogP contribution < -0.4 is 15.8 Å². The molecule has 0 radical (unpaired) electrons. The van der Waals surface area contributed by atoms with Crippen molar-refractivity contribution in [2.75, 3.05) is 20.2 Å². The highest BCUT2D eigenvalue weighted by Crippen LogP contribution is 2.35. The summed E-state index contributed by atoms with van der Waals surface area (Å²) in [6.45, 7) is 0.958. The third-order valence-electron chi connectivity index (χ3n) is 5.28. The average Bonchev–Trinajstić information content (AvgIpc) is 2.70. The number of rotatable bonds is 6. The van der Waals surface area contributed by atoms with Crippen molar-refractivity contribution in [2.24, 2.45) is 17.6 Å². The second kappa shape index (κ2) is 8.32. The van der Waals surface area contributed by atoms with Gasteiger partial charge in [-0.05, 0) is 43.2 Å². The van der Waals surface area contributed by atoms with Gasteiger partial charge in [0.25, 0.3) is 0 Å². The van der Waals surface area contributed by atoms with Gasteiger partial charge < -0.3 is 15.8 Å². The van der Waals surface area contributed by atoms with Gasteiger partial charge in [0, 0.05) is 35.9 Å². The predicted molar refractivity (Wildman–Crippen MR) is 102 cm³/mol. The van der Waals surface area contributed by atoms with Crippen LogP contribution in [0.15, 0.2) is 36.4 Å². The van der Waals surface area contributed by atoms with Crippen molar-refractivity contribution in [3.8, 4) is 5.75 Å². The molecule has 1 aliphatic carbocycles. The number of ketones is 1. The van der Waals surface area contributed by atoms with Gasteiger partial charge in [0.15, 0.2) is 5.78 Å². The molecule has 1 amide bonds. The molecule has 0 heterocycles. The second-order valence-electron chi connectivity index (χ2n) is 6.85. The van der Waals surface area contributed by atoms with Crippen molar-refractivity contribution in [2.45, 2.75) is 25.7 Å². The van der Waals surface area contributed by atoms with E-state index in [4.69, 9.17) is 10.5 Å². The number of hydrogen-bond acceptors (Lipinski definition) is 4. The smallest absolute Gasteiger partial charge is 0.223 e. The third kappa shape index (κ3) is 3.73. The van der Waals surface area contributed by atoms with E-state index in [-0.39, 0.29) is 23.5 Å². The predicted octanol–water partition coefficient (Wildman–Crippen LogP) is 2.91. The average molecular weight is 354 g/mol. The minimum Gasteiger partial charge on any atom is -0.496 e. The summed E-state index contributed by atoms with van der Waals surface area (Å²) in [5.74, 6) is 0.988. The van der Waals surface area contributed by atoms with Gasteiger partial charge in [-0.15, -0.1) is 0 Å². The van der Waals surface area contributed by atoms with E-state index in [1.165, 1.54) is 0 Å². The molecule has 3 rings (SSSR count). The number of carbonyl (C=O) groups excluding carboxylic acids is 2. The van der Waals surface area contributed by atoms with E-state index < -0.39 is 0 Å². The molecule has 0 atom stereocenters. The number of Topliss-reactive ketones (excluding diaryl/α,β-unsaturated/α-hetero) is 1. The van der Waals surface area contributed by atoms with Crippen molar-refractivity contribution in [1.82, 2.24) is 5.32 Å². The van der Waals surface area contributed by atoms with Crippen molar-refractivity contribution >= 4 is 22.5 Å². The molecule has 5 heteroatoms. The Hall–Kier alpha value is -2.40. The standard InChI is InChI=1S/C21H26N2O3/c1-26-19-11-10-18(16-4-2-3-5-17(16)19)20(24)14-6-8-15(9-7-14)21(25)23-13-12-22/h2-5,10-11,14-15H,6-9,12-13,22H2,1H3,(H,23,25). The van der Waals surface area contributed by atoms with Gasteiger partial charge in [0.2, 0.25) is 5.91 Å². The van der Waals surface area contributed by atoms with Crippen molar-refractivity contribution in [3.05, 3.63) is 42.0 Å². The minimum atomic E-state index is -0.0228. The molecule has 2 aromatic rings. The molecule has 26 heavy (non-hydrogen) atoms. The number of benzene rings is 2. The first-order chi connectivity index (χ1) is 12.7. The summed E-state index contributed by atoms with van der Waals surface area (Å²) in [5.41, 5.74) is 6.18. The maximum Gasteiger partial charge on any atom is 0.223 e. The number of hydrogen-bond donors (Lipinski definition) is 2. The maximum absolute atomic E-state index is 13.1. The Morgan fingerprint density at radius 1 is 1.04 bits per heavy atom. The first-order valence-electron chi connectivity index (χ1n) is 9.23. The molecule has 0 aliphatic heterocycles. The quantitative estimate of drug-likeness (QED) is 0.782. The highest BCUT2D eigenvalue weighted by molar-refractivity contribution is 6.10. The molecule has 0 aromatic heterocycles. The summed E-state index contributed by atoms with van der Waals surface area (Å²) >= 11 is 0. The molecular formula is C21H26N2O3. The SMILES string of the molecule is COc1ccc(C(=O)C2CCC(C(=O)NCCN)CC2)c2ccccc12. The summed E-state index contributed by atoms with van der Waals surface area (Å²) in [6, 6.07) is 11.6. The highest BCUT2D eigenvalue weighted by atomic mass is 16.5. The zero-order valence-corrected chi connectivity index (χ0v) is 15.2. The Balaban J connectivity index is 1.73. The Bertz CT molecular complexity index is 795. The number of fused-ring (bicyclic) bond motifs is 1. The summed E-state index contributed by atoms with van der Waals surface area (Å²) in [5, 5.41) is 4.74. The monoisotopic (exact) mass is 354 g/mol. The maximum atomic E-state index is 13.1. The Morgan fingerprint density at radius 3 is 2.35 bits per heavy atom. The molecule has 1 aliphatic rings. The van der Waals surface area contributed by atoms with Gasteiger partial charge in [-0.3, -0.25) is 9.59 Å². The zero-order valence-electron chi connectivity index (χ0n) is 15.2. The molecule has 3 N–H and O–H groups in total. The fourth-order valence-electron chi connectivity index (χ4n) is 3.84. The second-order valence-corrected chi connectivity index (χ2v) is 6.85. The van der Waals surface area contributed by atoms with Crippen LogP contribution in [0.1, 0.15) is 36.0 Å². The van der Waals surface area contributed by atoms with Gasteiger partial charge in [-0.2, -0.15) is 0 Å². The van der Waals surface area contributed by atoms with E-state index >= 15 is 0 Å². The van der Waals surface area contributed by atoms with Crippen molar-refractivity contribution in [1.29, 1.82) is 0 Å². The number of nitrogens with two attached hydrogens (primary N) is 1. The number of carbonyl (C=O) groups is 2. The molecule has 0 bridgehead atoms. The van der Waals surface area contributed by atoms with E-state index in [0.29, 0.717) is 13.1 Å². The molecule has 0 unspecified atom stereocenters. The Labute approximate surface area is 153 Å². The first kappa shape index (κ1) is 18.4. The normalized spacial score (nSPS) is 19.9. The highest BCUT2D eigenvalue weighted by Gasteiger charge is 2.30. The van der Waals surface area contributed by atoms with Crippen molar-refractivity contribution in [3.63, 3.8) is 0 Å². The summed E-state index contributed by atoms with van der Waals surface area (Å²) in [6.07, 6.45) is 3.00. The van der Waals surface area contributed by atoms with Crippen LogP contribution in [0, 0.1) is 11.8 Å². The van der Waals surface area contributed by atoms with Crippen molar-refractivity contribution < 1.29 is 14.3 Å². The lowest BCUT2D eigenvalue weighted by molar-refractivity contribution is -0.126. The van der Waals surface area contributed by atoms with E-state index in [0.717, 1.165) is 47.8 Å².